The number of aliphatic hydroxyl groups excluding tert-OH is 1. The molecule has 1 saturated heterocycles. The van der Waals surface area contributed by atoms with Gasteiger partial charge in [0.25, 0.3) is 0 Å². The maximum absolute atomic E-state index is 12.2. The minimum atomic E-state index is -3.03. The molecule has 0 amide bonds. The Morgan fingerprint density at radius 2 is 2.06 bits per heavy atom. The van der Waals surface area contributed by atoms with Crippen LogP contribution in [0.4, 0.5) is 0 Å². The Kier molecular flexibility index (Phi) is 6.32. The molecule has 0 aromatic carbocycles. The second-order valence-corrected chi connectivity index (χ2v) is 6.63. The molecule has 1 aliphatic heterocycles. The standard InChI is InChI=1S/C9H19O5PS/c1-3-12-15(11,13-4-2)6-9-14-8(5-10)7-16-9/h8-10H,3-7H2,1-2H3/t8-,9+/m0/s1. The minimum absolute atomic E-state index is 0.00291. The number of hydrogen-bond acceptors (Lipinski definition) is 6. The number of ether oxygens (including phenoxy) is 1. The quantitative estimate of drug-likeness (QED) is 0.710. The zero-order chi connectivity index (χ0) is 12.0. The molecule has 0 aromatic heterocycles. The van der Waals surface area contributed by atoms with Crippen molar-refractivity contribution in [3.8, 4) is 0 Å². The Hall–Kier alpha value is 0.420. The molecule has 16 heavy (non-hydrogen) atoms. The van der Waals surface area contributed by atoms with Crippen molar-refractivity contribution >= 4 is 19.4 Å². The average molecular weight is 270 g/mol. The summed E-state index contributed by atoms with van der Waals surface area (Å²) in [7, 11) is -3.03. The molecule has 96 valence electrons. The Labute approximate surface area is 100 Å². The fourth-order valence-electron chi connectivity index (χ4n) is 1.42. The van der Waals surface area contributed by atoms with Crippen LogP contribution in [-0.2, 0) is 18.3 Å². The number of aliphatic hydroxyl groups is 1. The topological polar surface area (TPSA) is 65.0 Å². The molecule has 0 unspecified atom stereocenters. The molecular weight excluding hydrogens is 251 g/mol. The largest absolute Gasteiger partial charge is 0.394 e. The molecule has 1 rings (SSSR count). The molecule has 1 aliphatic rings. The minimum Gasteiger partial charge on any atom is -0.394 e. The van der Waals surface area contributed by atoms with Gasteiger partial charge in [-0.15, -0.1) is 11.8 Å². The highest BCUT2D eigenvalue weighted by atomic mass is 32.2. The highest BCUT2D eigenvalue weighted by Gasteiger charge is 2.34. The highest BCUT2D eigenvalue weighted by molar-refractivity contribution is 8.00. The number of hydrogen-bond donors (Lipinski definition) is 1. The first-order valence-corrected chi connectivity index (χ1v) is 8.17. The number of rotatable bonds is 7. The summed E-state index contributed by atoms with van der Waals surface area (Å²) in [5, 5.41) is 8.92. The van der Waals surface area contributed by atoms with Crippen molar-refractivity contribution in [3.05, 3.63) is 0 Å². The maximum Gasteiger partial charge on any atom is 0.334 e. The van der Waals surface area contributed by atoms with E-state index in [-0.39, 0.29) is 24.3 Å². The van der Waals surface area contributed by atoms with Crippen molar-refractivity contribution in [1.82, 2.24) is 0 Å². The van der Waals surface area contributed by atoms with Gasteiger partial charge in [0.15, 0.2) is 0 Å². The lowest BCUT2D eigenvalue weighted by Gasteiger charge is -2.19. The van der Waals surface area contributed by atoms with Crippen molar-refractivity contribution in [3.63, 3.8) is 0 Å². The third-order valence-corrected chi connectivity index (χ3v) is 5.58. The van der Waals surface area contributed by atoms with E-state index in [0.29, 0.717) is 13.2 Å². The van der Waals surface area contributed by atoms with Gasteiger partial charge in [-0.25, -0.2) is 0 Å². The smallest absolute Gasteiger partial charge is 0.334 e. The molecule has 1 heterocycles. The molecule has 0 bridgehead atoms. The lowest BCUT2D eigenvalue weighted by Crippen LogP contribution is -2.19. The predicted molar refractivity (Wildman–Crippen MR) is 63.9 cm³/mol. The SMILES string of the molecule is CCOP(=O)(C[C@@H]1O[C@@H](CO)CS1)OCC. The van der Waals surface area contributed by atoms with E-state index >= 15 is 0 Å². The maximum atomic E-state index is 12.2. The fourth-order valence-corrected chi connectivity index (χ4v) is 4.76. The molecule has 0 spiro atoms. The molecular formula is C9H19O5PS. The first-order valence-electron chi connectivity index (χ1n) is 5.39. The molecule has 7 heteroatoms. The molecule has 2 atom stereocenters. The monoisotopic (exact) mass is 270 g/mol. The van der Waals surface area contributed by atoms with E-state index in [4.69, 9.17) is 18.9 Å². The van der Waals surface area contributed by atoms with Crippen LogP contribution in [0.1, 0.15) is 13.8 Å². The van der Waals surface area contributed by atoms with Gasteiger partial charge in [0.05, 0.1) is 32.1 Å². The van der Waals surface area contributed by atoms with Crippen LogP contribution < -0.4 is 0 Å². The Bertz CT molecular complexity index is 240. The Morgan fingerprint density at radius 1 is 1.44 bits per heavy atom. The van der Waals surface area contributed by atoms with Crippen LogP contribution in [0.3, 0.4) is 0 Å². The lowest BCUT2D eigenvalue weighted by molar-refractivity contribution is 0.0325. The second-order valence-electron chi connectivity index (χ2n) is 3.33. The summed E-state index contributed by atoms with van der Waals surface area (Å²) in [5.74, 6) is 0.722. The van der Waals surface area contributed by atoms with Crippen molar-refractivity contribution in [1.29, 1.82) is 0 Å². The molecule has 0 aliphatic carbocycles. The van der Waals surface area contributed by atoms with Crippen LogP contribution in [0.25, 0.3) is 0 Å². The van der Waals surface area contributed by atoms with E-state index in [1.807, 2.05) is 0 Å². The van der Waals surface area contributed by atoms with Crippen molar-refractivity contribution in [2.45, 2.75) is 25.4 Å². The average Bonchev–Trinajstić information content (AvgIpc) is 2.65. The van der Waals surface area contributed by atoms with Crippen LogP contribution in [-0.4, -0.2) is 48.4 Å². The van der Waals surface area contributed by atoms with Gasteiger partial charge in [0.2, 0.25) is 0 Å². The Morgan fingerprint density at radius 3 is 2.50 bits per heavy atom. The molecule has 0 radical (unpaired) electrons. The normalized spacial score (nSPS) is 26.2. The molecule has 0 saturated carbocycles. The van der Waals surface area contributed by atoms with Gasteiger partial charge in [0.1, 0.15) is 5.44 Å². The van der Waals surface area contributed by atoms with Gasteiger partial charge in [-0.05, 0) is 13.8 Å². The first kappa shape index (κ1) is 14.5. The van der Waals surface area contributed by atoms with Crippen LogP contribution in [0.2, 0.25) is 0 Å². The Balaban J connectivity index is 2.46. The van der Waals surface area contributed by atoms with Crippen molar-refractivity contribution < 1.29 is 23.5 Å². The molecule has 1 fully saturated rings. The first-order chi connectivity index (χ1) is 7.63. The molecule has 1 N–H and O–H groups in total. The highest BCUT2D eigenvalue weighted by Crippen LogP contribution is 2.51. The van der Waals surface area contributed by atoms with Gasteiger partial charge >= 0.3 is 7.60 Å². The zero-order valence-corrected chi connectivity index (χ0v) is 11.3. The summed E-state index contributed by atoms with van der Waals surface area (Å²) >= 11 is 1.54. The summed E-state index contributed by atoms with van der Waals surface area (Å²) in [6.45, 7) is 4.28. The van der Waals surface area contributed by atoms with E-state index in [9.17, 15) is 4.57 Å². The third-order valence-electron chi connectivity index (χ3n) is 2.04. The summed E-state index contributed by atoms with van der Waals surface area (Å²) in [4.78, 5) is 0. The fraction of sp³-hybridized carbons (Fsp3) is 1.00. The van der Waals surface area contributed by atoms with Crippen LogP contribution >= 0.6 is 19.4 Å². The van der Waals surface area contributed by atoms with E-state index in [1.54, 1.807) is 13.8 Å². The molecule has 0 aromatic rings. The molecule has 5 nitrogen and oxygen atoms in total. The van der Waals surface area contributed by atoms with Gasteiger partial charge in [-0.1, -0.05) is 0 Å². The van der Waals surface area contributed by atoms with Gasteiger partial charge in [-0.3, -0.25) is 4.57 Å². The van der Waals surface area contributed by atoms with Crippen molar-refractivity contribution in [2.24, 2.45) is 0 Å². The third kappa shape index (κ3) is 4.35. The van der Waals surface area contributed by atoms with Crippen molar-refractivity contribution in [2.75, 3.05) is 31.7 Å². The summed E-state index contributed by atoms with van der Waals surface area (Å²) in [6, 6.07) is 0. The zero-order valence-electron chi connectivity index (χ0n) is 9.63. The van der Waals surface area contributed by atoms with Gasteiger partial charge in [-0.2, -0.15) is 0 Å². The van der Waals surface area contributed by atoms with E-state index < -0.39 is 7.60 Å². The van der Waals surface area contributed by atoms with Crippen LogP contribution in [0.5, 0.6) is 0 Å². The summed E-state index contributed by atoms with van der Waals surface area (Å²) in [5.41, 5.74) is -0.207. The van der Waals surface area contributed by atoms with E-state index in [0.717, 1.165) is 5.75 Å². The van der Waals surface area contributed by atoms with Gasteiger partial charge in [0, 0.05) is 5.75 Å². The second kappa shape index (κ2) is 6.99. The van der Waals surface area contributed by atoms with Gasteiger partial charge < -0.3 is 18.9 Å². The van der Waals surface area contributed by atoms with Crippen LogP contribution in [0.15, 0.2) is 0 Å². The summed E-state index contributed by atoms with van der Waals surface area (Å²) in [6.07, 6.45) is 0.0854. The predicted octanol–water partition coefficient (Wildman–Crippen LogP) is 1.70. The van der Waals surface area contributed by atoms with E-state index in [2.05, 4.69) is 0 Å². The summed E-state index contributed by atoms with van der Waals surface area (Å²) < 4.78 is 28.0. The lowest BCUT2D eigenvalue weighted by atomic mass is 10.4. The van der Waals surface area contributed by atoms with E-state index in [1.165, 1.54) is 11.8 Å². The van der Waals surface area contributed by atoms with Crippen LogP contribution in [0, 0.1) is 0 Å². The number of thioether (sulfide) groups is 1.